The average molecular weight is 253 g/mol. The van der Waals surface area contributed by atoms with Gasteiger partial charge in [-0.3, -0.25) is 0 Å². The SMILES string of the molecule is CC(C)(C)c1cc2nc(Br)ccc2[nH]1. The number of aromatic nitrogens is 2. The molecule has 0 bridgehead atoms. The topological polar surface area (TPSA) is 28.7 Å². The van der Waals surface area contributed by atoms with E-state index in [1.807, 2.05) is 12.1 Å². The number of H-pyrrole nitrogens is 1. The van der Waals surface area contributed by atoms with Crippen molar-refractivity contribution in [2.45, 2.75) is 26.2 Å². The molecular weight excluding hydrogens is 240 g/mol. The number of hydrogen-bond acceptors (Lipinski definition) is 1. The first-order valence-electron chi connectivity index (χ1n) is 4.62. The number of fused-ring (bicyclic) bond motifs is 1. The Bertz CT molecular complexity index is 466. The number of nitrogens with one attached hydrogen (secondary N) is 1. The van der Waals surface area contributed by atoms with E-state index >= 15 is 0 Å². The minimum Gasteiger partial charge on any atom is -0.357 e. The Morgan fingerprint density at radius 3 is 2.64 bits per heavy atom. The molecule has 2 aromatic heterocycles. The van der Waals surface area contributed by atoms with Crippen molar-refractivity contribution in [1.82, 2.24) is 9.97 Å². The van der Waals surface area contributed by atoms with Gasteiger partial charge in [-0.2, -0.15) is 0 Å². The van der Waals surface area contributed by atoms with Gasteiger partial charge >= 0.3 is 0 Å². The summed E-state index contributed by atoms with van der Waals surface area (Å²) >= 11 is 3.37. The van der Waals surface area contributed by atoms with E-state index in [9.17, 15) is 0 Å². The van der Waals surface area contributed by atoms with E-state index in [0.717, 1.165) is 15.6 Å². The van der Waals surface area contributed by atoms with Crippen molar-refractivity contribution in [3.63, 3.8) is 0 Å². The molecular formula is C11H13BrN2. The summed E-state index contributed by atoms with van der Waals surface area (Å²) in [5, 5.41) is 0. The molecule has 0 aliphatic carbocycles. The fraction of sp³-hybridized carbons (Fsp3) is 0.364. The van der Waals surface area contributed by atoms with E-state index in [2.05, 4.69) is 52.7 Å². The third kappa shape index (κ3) is 1.69. The number of nitrogens with zero attached hydrogens (tertiary/aromatic N) is 1. The van der Waals surface area contributed by atoms with E-state index in [0.29, 0.717) is 0 Å². The summed E-state index contributed by atoms with van der Waals surface area (Å²) in [4.78, 5) is 7.77. The molecule has 0 aliphatic heterocycles. The lowest BCUT2D eigenvalue weighted by molar-refractivity contribution is 0.574. The van der Waals surface area contributed by atoms with Gasteiger partial charge in [0.25, 0.3) is 0 Å². The quantitative estimate of drug-likeness (QED) is 0.713. The fourth-order valence-corrected chi connectivity index (χ4v) is 1.71. The van der Waals surface area contributed by atoms with Crippen molar-refractivity contribution in [3.05, 3.63) is 28.5 Å². The Balaban J connectivity index is 2.63. The maximum Gasteiger partial charge on any atom is 0.106 e. The molecule has 0 atom stereocenters. The second-order valence-electron chi connectivity index (χ2n) is 4.50. The van der Waals surface area contributed by atoms with Gasteiger partial charge in [0, 0.05) is 11.1 Å². The van der Waals surface area contributed by atoms with E-state index in [1.54, 1.807) is 0 Å². The normalized spacial score (nSPS) is 12.3. The van der Waals surface area contributed by atoms with E-state index in [4.69, 9.17) is 0 Å². The van der Waals surface area contributed by atoms with Gasteiger partial charge in [-0.25, -0.2) is 4.98 Å². The molecule has 0 saturated carbocycles. The highest BCUT2D eigenvalue weighted by Crippen LogP contribution is 2.25. The number of halogens is 1. The summed E-state index contributed by atoms with van der Waals surface area (Å²) in [6, 6.07) is 6.10. The Morgan fingerprint density at radius 2 is 2.00 bits per heavy atom. The molecule has 0 amide bonds. The average Bonchev–Trinajstić information content (AvgIpc) is 2.45. The van der Waals surface area contributed by atoms with Crippen LogP contribution in [0.15, 0.2) is 22.8 Å². The van der Waals surface area contributed by atoms with Gasteiger partial charge in [-0.15, -0.1) is 0 Å². The van der Waals surface area contributed by atoms with Gasteiger partial charge in [-0.05, 0) is 34.1 Å². The highest BCUT2D eigenvalue weighted by atomic mass is 79.9. The van der Waals surface area contributed by atoms with Gasteiger partial charge in [0.05, 0.1) is 11.0 Å². The molecule has 2 nitrogen and oxygen atoms in total. The molecule has 0 fully saturated rings. The van der Waals surface area contributed by atoms with E-state index in [-0.39, 0.29) is 5.41 Å². The summed E-state index contributed by atoms with van der Waals surface area (Å²) in [5.74, 6) is 0. The molecule has 0 radical (unpaired) electrons. The molecule has 0 unspecified atom stereocenters. The molecule has 2 aromatic rings. The zero-order valence-corrected chi connectivity index (χ0v) is 10.1. The van der Waals surface area contributed by atoms with Gasteiger partial charge in [-0.1, -0.05) is 20.8 Å². The van der Waals surface area contributed by atoms with Crippen LogP contribution in [0.25, 0.3) is 11.0 Å². The fourth-order valence-electron chi connectivity index (χ4n) is 1.39. The number of rotatable bonds is 0. The standard InChI is InChI=1S/C11H13BrN2/c1-11(2,3)9-6-8-7(13-9)4-5-10(12)14-8/h4-6,13H,1-3H3. The van der Waals surface area contributed by atoms with Crippen LogP contribution < -0.4 is 0 Å². The second-order valence-corrected chi connectivity index (χ2v) is 5.31. The second kappa shape index (κ2) is 3.09. The number of pyridine rings is 1. The molecule has 3 heteroatoms. The van der Waals surface area contributed by atoms with Crippen molar-refractivity contribution >= 4 is 27.0 Å². The van der Waals surface area contributed by atoms with Crippen molar-refractivity contribution < 1.29 is 0 Å². The molecule has 0 aliphatic rings. The van der Waals surface area contributed by atoms with Crippen LogP contribution in [0.5, 0.6) is 0 Å². The third-order valence-electron chi connectivity index (χ3n) is 2.25. The predicted molar refractivity (Wildman–Crippen MR) is 62.5 cm³/mol. The molecule has 2 heterocycles. The van der Waals surface area contributed by atoms with Crippen molar-refractivity contribution in [2.75, 3.05) is 0 Å². The Hall–Kier alpha value is -0.830. The van der Waals surface area contributed by atoms with Crippen LogP contribution >= 0.6 is 15.9 Å². The molecule has 2 rings (SSSR count). The van der Waals surface area contributed by atoms with Crippen LogP contribution in [-0.4, -0.2) is 9.97 Å². The zero-order chi connectivity index (χ0) is 10.3. The van der Waals surface area contributed by atoms with Crippen LogP contribution in [-0.2, 0) is 5.41 Å². The van der Waals surface area contributed by atoms with Crippen LogP contribution in [0.3, 0.4) is 0 Å². The highest BCUT2D eigenvalue weighted by Gasteiger charge is 2.16. The maximum absolute atomic E-state index is 4.40. The van der Waals surface area contributed by atoms with Gasteiger partial charge in [0.1, 0.15) is 4.60 Å². The first kappa shape index (κ1) is 9.71. The van der Waals surface area contributed by atoms with Gasteiger partial charge in [0.2, 0.25) is 0 Å². The molecule has 0 saturated heterocycles. The number of aromatic amines is 1. The van der Waals surface area contributed by atoms with Crippen LogP contribution in [0.1, 0.15) is 26.5 Å². The molecule has 0 aromatic carbocycles. The smallest absolute Gasteiger partial charge is 0.106 e. The largest absolute Gasteiger partial charge is 0.357 e. The summed E-state index contributed by atoms with van der Waals surface area (Å²) in [7, 11) is 0. The van der Waals surface area contributed by atoms with Crippen LogP contribution in [0.4, 0.5) is 0 Å². The minimum atomic E-state index is 0.146. The zero-order valence-electron chi connectivity index (χ0n) is 8.56. The van der Waals surface area contributed by atoms with E-state index in [1.165, 1.54) is 5.69 Å². The Kier molecular flexibility index (Phi) is 2.14. The molecule has 14 heavy (non-hydrogen) atoms. The lowest BCUT2D eigenvalue weighted by atomic mass is 9.93. The highest BCUT2D eigenvalue weighted by molar-refractivity contribution is 9.10. The van der Waals surface area contributed by atoms with Crippen molar-refractivity contribution in [2.24, 2.45) is 0 Å². The third-order valence-corrected chi connectivity index (χ3v) is 2.69. The lowest BCUT2D eigenvalue weighted by Gasteiger charge is -2.15. The number of hydrogen-bond donors (Lipinski definition) is 1. The first-order valence-corrected chi connectivity index (χ1v) is 5.42. The van der Waals surface area contributed by atoms with Crippen LogP contribution in [0.2, 0.25) is 0 Å². The van der Waals surface area contributed by atoms with Crippen molar-refractivity contribution in [1.29, 1.82) is 0 Å². The predicted octanol–water partition coefficient (Wildman–Crippen LogP) is 3.62. The summed E-state index contributed by atoms with van der Waals surface area (Å²) in [5.41, 5.74) is 3.48. The summed E-state index contributed by atoms with van der Waals surface area (Å²) < 4.78 is 0.879. The maximum atomic E-state index is 4.40. The molecule has 0 spiro atoms. The van der Waals surface area contributed by atoms with Crippen molar-refractivity contribution in [3.8, 4) is 0 Å². The van der Waals surface area contributed by atoms with Gasteiger partial charge in [0.15, 0.2) is 0 Å². The monoisotopic (exact) mass is 252 g/mol. The lowest BCUT2D eigenvalue weighted by Crippen LogP contribution is -2.10. The summed E-state index contributed by atoms with van der Waals surface area (Å²) in [6.45, 7) is 6.56. The molecule has 74 valence electrons. The Morgan fingerprint density at radius 1 is 1.29 bits per heavy atom. The first-order chi connectivity index (χ1) is 6.47. The Labute approximate surface area is 91.9 Å². The van der Waals surface area contributed by atoms with Crippen LogP contribution in [0, 0.1) is 0 Å². The molecule has 1 N–H and O–H groups in total. The minimum absolute atomic E-state index is 0.146. The summed E-state index contributed by atoms with van der Waals surface area (Å²) in [6.07, 6.45) is 0. The van der Waals surface area contributed by atoms with E-state index < -0.39 is 0 Å². The van der Waals surface area contributed by atoms with Gasteiger partial charge < -0.3 is 4.98 Å².